The fraction of sp³-hybridized carbons (Fsp3) is 0.238. The zero-order chi connectivity index (χ0) is 15.4. The number of hydrogen-bond donors (Lipinski definition) is 0. The molecule has 0 bridgehead atoms. The predicted octanol–water partition coefficient (Wildman–Crippen LogP) is 5.55. The second-order valence-corrected chi connectivity index (χ2v) is 7.99. The van der Waals surface area contributed by atoms with Gasteiger partial charge in [0.05, 0.1) is 10.9 Å². The van der Waals surface area contributed by atoms with E-state index < -0.39 is 0 Å². The summed E-state index contributed by atoms with van der Waals surface area (Å²) in [6.07, 6.45) is 2.19. The molecule has 114 valence electrons. The Morgan fingerprint density at radius 2 is 1.78 bits per heavy atom. The van der Waals surface area contributed by atoms with E-state index >= 15 is 0 Å². The van der Waals surface area contributed by atoms with Crippen LogP contribution in [-0.2, 0) is 10.7 Å². The van der Waals surface area contributed by atoms with Gasteiger partial charge in [-0.15, -0.1) is 0 Å². The van der Waals surface area contributed by atoms with Crippen LogP contribution in [0.3, 0.4) is 0 Å². The van der Waals surface area contributed by atoms with Gasteiger partial charge < -0.3 is 4.74 Å². The molecule has 23 heavy (non-hydrogen) atoms. The van der Waals surface area contributed by atoms with E-state index in [1.165, 1.54) is 27.5 Å². The topological polar surface area (TPSA) is 9.23 Å². The monoisotopic (exact) mass is 364 g/mol. The van der Waals surface area contributed by atoms with Crippen LogP contribution in [0.2, 0.25) is 0 Å². The number of alkyl halides is 1. The fourth-order valence-corrected chi connectivity index (χ4v) is 4.83. The first-order valence-electron chi connectivity index (χ1n) is 8.19. The van der Waals surface area contributed by atoms with Gasteiger partial charge >= 0.3 is 0 Å². The van der Waals surface area contributed by atoms with Crippen molar-refractivity contribution in [1.29, 1.82) is 0 Å². The molecule has 2 aliphatic rings. The molecule has 3 aromatic carbocycles. The Bertz CT molecular complexity index is 902. The quantitative estimate of drug-likeness (QED) is 0.541. The molecule has 0 saturated heterocycles. The molecule has 0 unspecified atom stereocenters. The third kappa shape index (κ3) is 1.98. The highest BCUT2D eigenvalue weighted by atomic mass is 79.9. The van der Waals surface area contributed by atoms with Crippen molar-refractivity contribution in [2.75, 3.05) is 6.61 Å². The lowest BCUT2D eigenvalue weighted by atomic mass is 9.94. The number of halogens is 1. The minimum Gasteiger partial charge on any atom is -0.492 e. The third-order valence-electron chi connectivity index (χ3n) is 5.26. The van der Waals surface area contributed by atoms with Crippen molar-refractivity contribution in [2.45, 2.75) is 23.1 Å². The summed E-state index contributed by atoms with van der Waals surface area (Å²) in [6, 6.07) is 21.8. The molecule has 2 atom stereocenters. The number of benzene rings is 3. The molecule has 1 aliphatic heterocycles. The zero-order valence-electron chi connectivity index (χ0n) is 12.8. The summed E-state index contributed by atoms with van der Waals surface area (Å²) in [5.74, 6) is 1.65. The lowest BCUT2D eigenvalue weighted by Crippen LogP contribution is -2.01. The lowest BCUT2D eigenvalue weighted by Gasteiger charge is -2.14. The second-order valence-electron chi connectivity index (χ2n) is 6.58. The lowest BCUT2D eigenvalue weighted by molar-refractivity contribution is 0.360. The van der Waals surface area contributed by atoms with E-state index in [0.29, 0.717) is 5.92 Å². The molecule has 0 spiro atoms. The minimum absolute atomic E-state index is 0.0904. The molecule has 1 fully saturated rings. The molecule has 2 heteroatoms. The van der Waals surface area contributed by atoms with E-state index in [4.69, 9.17) is 4.74 Å². The van der Waals surface area contributed by atoms with Crippen LogP contribution >= 0.6 is 15.9 Å². The first kappa shape index (κ1) is 13.6. The standard InChI is InChI=1S/C21H17BrO/c22-21(15-7-2-1-3-8-15)13-19(21)18-12-14-6-4-5-9-16(14)20-17(18)10-11-23-20/h1-9,12,19H,10-11,13H2/t19-,21-/m0/s1. The van der Waals surface area contributed by atoms with Gasteiger partial charge in [-0.05, 0) is 22.9 Å². The first-order chi connectivity index (χ1) is 11.3. The Balaban J connectivity index is 1.65. The molecule has 0 radical (unpaired) electrons. The maximum Gasteiger partial charge on any atom is 0.130 e. The average molecular weight is 365 g/mol. The second kappa shape index (κ2) is 4.85. The fourth-order valence-electron chi connectivity index (χ4n) is 4.00. The van der Waals surface area contributed by atoms with E-state index in [2.05, 4.69) is 76.6 Å². The van der Waals surface area contributed by atoms with Crippen LogP contribution in [0.25, 0.3) is 10.8 Å². The van der Waals surface area contributed by atoms with Crippen molar-refractivity contribution < 1.29 is 4.74 Å². The zero-order valence-corrected chi connectivity index (χ0v) is 14.3. The van der Waals surface area contributed by atoms with E-state index in [1.807, 2.05) is 0 Å². The van der Waals surface area contributed by atoms with Gasteiger partial charge in [-0.25, -0.2) is 0 Å². The Kier molecular flexibility index (Phi) is 2.87. The summed E-state index contributed by atoms with van der Waals surface area (Å²) in [4.78, 5) is 0. The summed E-state index contributed by atoms with van der Waals surface area (Å²) >= 11 is 4.03. The van der Waals surface area contributed by atoms with Crippen LogP contribution in [0.4, 0.5) is 0 Å². The Hall–Kier alpha value is -1.80. The minimum atomic E-state index is 0.0904. The largest absolute Gasteiger partial charge is 0.492 e. The smallest absolute Gasteiger partial charge is 0.130 e. The van der Waals surface area contributed by atoms with Crippen LogP contribution in [0, 0.1) is 0 Å². The molecule has 0 N–H and O–H groups in total. The van der Waals surface area contributed by atoms with Gasteiger partial charge in [0, 0.05) is 23.3 Å². The van der Waals surface area contributed by atoms with Gasteiger partial charge in [-0.1, -0.05) is 76.6 Å². The van der Waals surface area contributed by atoms with Gasteiger partial charge in [-0.3, -0.25) is 0 Å². The number of hydrogen-bond acceptors (Lipinski definition) is 1. The van der Waals surface area contributed by atoms with Crippen molar-refractivity contribution in [3.8, 4) is 5.75 Å². The van der Waals surface area contributed by atoms with Crippen molar-refractivity contribution in [1.82, 2.24) is 0 Å². The SMILES string of the molecule is Br[C@]1(c2ccccc2)C[C@H]1c1cc2ccccc2c2c1CCO2. The molecule has 0 amide bonds. The van der Waals surface area contributed by atoms with Crippen LogP contribution in [0.5, 0.6) is 5.75 Å². The van der Waals surface area contributed by atoms with Crippen molar-refractivity contribution >= 4 is 26.7 Å². The normalized spacial score (nSPS) is 25.2. The van der Waals surface area contributed by atoms with E-state index in [9.17, 15) is 0 Å². The van der Waals surface area contributed by atoms with E-state index in [1.54, 1.807) is 0 Å². The third-order valence-corrected chi connectivity index (χ3v) is 6.59. The van der Waals surface area contributed by atoms with Gasteiger partial charge in [0.1, 0.15) is 5.75 Å². The summed E-state index contributed by atoms with van der Waals surface area (Å²) in [5.41, 5.74) is 4.27. The van der Waals surface area contributed by atoms with E-state index in [0.717, 1.165) is 25.2 Å². The molecule has 0 aromatic heterocycles. The Morgan fingerprint density at radius 1 is 1.00 bits per heavy atom. The van der Waals surface area contributed by atoms with Crippen molar-refractivity contribution in [2.24, 2.45) is 0 Å². The molecular weight excluding hydrogens is 348 g/mol. The van der Waals surface area contributed by atoms with Crippen molar-refractivity contribution in [3.63, 3.8) is 0 Å². The van der Waals surface area contributed by atoms with Crippen LogP contribution < -0.4 is 4.74 Å². The summed E-state index contributed by atoms with van der Waals surface area (Å²) in [6.45, 7) is 0.809. The number of rotatable bonds is 2. The number of ether oxygens (including phenoxy) is 1. The summed E-state index contributed by atoms with van der Waals surface area (Å²) < 4.78 is 6.08. The van der Waals surface area contributed by atoms with Gasteiger partial charge in [0.15, 0.2) is 0 Å². The predicted molar refractivity (Wildman–Crippen MR) is 97.6 cm³/mol. The van der Waals surface area contributed by atoms with Crippen LogP contribution in [-0.4, -0.2) is 6.61 Å². The maximum absolute atomic E-state index is 5.99. The number of fused-ring (bicyclic) bond motifs is 3. The van der Waals surface area contributed by atoms with E-state index in [-0.39, 0.29) is 4.32 Å². The molecule has 1 heterocycles. The highest BCUT2D eigenvalue weighted by Crippen LogP contribution is 2.66. The first-order valence-corrected chi connectivity index (χ1v) is 8.98. The molecule has 1 aliphatic carbocycles. The molecule has 1 nitrogen and oxygen atoms in total. The van der Waals surface area contributed by atoms with Crippen molar-refractivity contribution in [3.05, 3.63) is 77.4 Å². The highest BCUT2D eigenvalue weighted by molar-refractivity contribution is 9.09. The van der Waals surface area contributed by atoms with Gasteiger partial charge in [0.25, 0.3) is 0 Å². The highest BCUT2D eigenvalue weighted by Gasteiger charge is 2.55. The summed E-state index contributed by atoms with van der Waals surface area (Å²) in [7, 11) is 0. The molecule has 3 aromatic rings. The molecule has 5 rings (SSSR count). The average Bonchev–Trinajstić information content (AvgIpc) is 3.06. The van der Waals surface area contributed by atoms with Crippen LogP contribution in [0.15, 0.2) is 60.7 Å². The maximum atomic E-state index is 5.99. The summed E-state index contributed by atoms with van der Waals surface area (Å²) in [5, 5.41) is 2.54. The van der Waals surface area contributed by atoms with Crippen LogP contribution in [0.1, 0.15) is 29.0 Å². The van der Waals surface area contributed by atoms with Gasteiger partial charge in [0.2, 0.25) is 0 Å². The van der Waals surface area contributed by atoms with Gasteiger partial charge in [-0.2, -0.15) is 0 Å². The molecule has 1 saturated carbocycles. The molecular formula is C21H17BrO. The Morgan fingerprint density at radius 3 is 2.65 bits per heavy atom. The Labute approximate surface area is 144 Å².